The number of fused-ring (bicyclic) bond motifs is 1. The van der Waals surface area contributed by atoms with Gasteiger partial charge in [-0.25, -0.2) is 4.79 Å². The Balaban J connectivity index is 1.62. The lowest BCUT2D eigenvalue weighted by molar-refractivity contribution is 0.171. The summed E-state index contributed by atoms with van der Waals surface area (Å²) in [6, 6.07) is 8.37. The Bertz CT molecular complexity index is 625. The lowest BCUT2D eigenvalue weighted by Gasteiger charge is -2.19. The van der Waals surface area contributed by atoms with Crippen LogP contribution in [-0.2, 0) is 0 Å². The highest BCUT2D eigenvalue weighted by molar-refractivity contribution is 5.89. The molecule has 0 fully saturated rings. The first-order valence-electron chi connectivity index (χ1n) is 6.73. The molecular formula is C15H16N2O4. The number of ether oxygens (including phenoxy) is 2. The first-order chi connectivity index (χ1) is 10.2. The van der Waals surface area contributed by atoms with Crippen LogP contribution in [0.1, 0.15) is 18.7 Å². The predicted octanol–water partition coefficient (Wildman–Crippen LogP) is 2.93. The third kappa shape index (κ3) is 3.10. The molecule has 2 N–H and O–H groups in total. The zero-order chi connectivity index (χ0) is 14.7. The SMILES string of the molecule is CC(NC(=O)Nc1ccc2c(c1)OCCO2)c1ccco1. The van der Waals surface area contributed by atoms with Gasteiger partial charge in [-0.15, -0.1) is 0 Å². The van der Waals surface area contributed by atoms with E-state index in [1.54, 1.807) is 30.5 Å². The van der Waals surface area contributed by atoms with Gasteiger partial charge in [0, 0.05) is 11.8 Å². The van der Waals surface area contributed by atoms with Gasteiger partial charge in [0.25, 0.3) is 0 Å². The van der Waals surface area contributed by atoms with E-state index in [0.717, 1.165) is 0 Å². The number of hydrogen-bond acceptors (Lipinski definition) is 4. The molecule has 0 saturated heterocycles. The van der Waals surface area contributed by atoms with Crippen molar-refractivity contribution in [3.05, 3.63) is 42.4 Å². The van der Waals surface area contributed by atoms with Gasteiger partial charge >= 0.3 is 6.03 Å². The van der Waals surface area contributed by atoms with Crippen molar-refractivity contribution in [3.63, 3.8) is 0 Å². The van der Waals surface area contributed by atoms with E-state index in [-0.39, 0.29) is 12.1 Å². The highest BCUT2D eigenvalue weighted by Gasteiger charge is 2.14. The Morgan fingerprint density at radius 3 is 2.76 bits per heavy atom. The van der Waals surface area contributed by atoms with Crippen LogP contribution in [0.15, 0.2) is 41.0 Å². The van der Waals surface area contributed by atoms with Gasteiger partial charge in [-0.1, -0.05) is 0 Å². The Hall–Kier alpha value is -2.63. The molecule has 3 rings (SSSR count). The summed E-state index contributed by atoms with van der Waals surface area (Å²) < 4.78 is 16.1. The van der Waals surface area contributed by atoms with Crippen LogP contribution in [0.5, 0.6) is 11.5 Å². The number of rotatable bonds is 3. The summed E-state index contributed by atoms with van der Waals surface area (Å²) in [4.78, 5) is 12.0. The molecule has 1 aliphatic heterocycles. The number of carbonyl (C=O) groups excluding carboxylic acids is 1. The van der Waals surface area contributed by atoms with Crippen LogP contribution in [0.2, 0.25) is 0 Å². The predicted molar refractivity (Wildman–Crippen MR) is 76.7 cm³/mol. The standard InChI is InChI=1S/C15H16N2O4/c1-10(12-3-2-6-19-12)16-15(18)17-11-4-5-13-14(9-11)21-8-7-20-13/h2-6,9-10H,7-8H2,1H3,(H2,16,17,18). The molecular weight excluding hydrogens is 272 g/mol. The molecule has 1 aliphatic rings. The van der Waals surface area contributed by atoms with Gasteiger partial charge in [0.1, 0.15) is 19.0 Å². The molecule has 21 heavy (non-hydrogen) atoms. The van der Waals surface area contributed by atoms with Crippen LogP contribution in [0.3, 0.4) is 0 Å². The van der Waals surface area contributed by atoms with Crippen molar-refractivity contribution in [2.45, 2.75) is 13.0 Å². The normalized spacial score (nSPS) is 14.3. The molecule has 2 amide bonds. The minimum Gasteiger partial charge on any atom is -0.486 e. The van der Waals surface area contributed by atoms with Crippen LogP contribution in [0.4, 0.5) is 10.5 Å². The molecule has 1 unspecified atom stereocenters. The van der Waals surface area contributed by atoms with Crippen LogP contribution in [-0.4, -0.2) is 19.2 Å². The zero-order valence-electron chi connectivity index (χ0n) is 11.6. The molecule has 1 aromatic carbocycles. The van der Waals surface area contributed by atoms with E-state index in [0.29, 0.717) is 36.2 Å². The molecule has 0 saturated carbocycles. The zero-order valence-corrected chi connectivity index (χ0v) is 11.6. The second-order valence-corrected chi connectivity index (χ2v) is 4.69. The molecule has 0 bridgehead atoms. The molecule has 2 aromatic rings. The molecule has 0 radical (unpaired) electrons. The minimum atomic E-state index is -0.310. The van der Waals surface area contributed by atoms with Gasteiger partial charge in [0.2, 0.25) is 0 Å². The molecule has 1 atom stereocenters. The van der Waals surface area contributed by atoms with Gasteiger partial charge < -0.3 is 24.5 Å². The van der Waals surface area contributed by atoms with Crippen molar-refractivity contribution in [1.29, 1.82) is 0 Å². The Morgan fingerprint density at radius 2 is 2.00 bits per heavy atom. The van der Waals surface area contributed by atoms with Crippen LogP contribution in [0, 0.1) is 0 Å². The second kappa shape index (κ2) is 5.78. The van der Waals surface area contributed by atoms with Crippen molar-refractivity contribution in [2.24, 2.45) is 0 Å². The van der Waals surface area contributed by atoms with E-state index < -0.39 is 0 Å². The fourth-order valence-electron chi connectivity index (χ4n) is 2.09. The molecule has 110 valence electrons. The van der Waals surface area contributed by atoms with Gasteiger partial charge in [-0.05, 0) is 31.2 Å². The van der Waals surface area contributed by atoms with Crippen LogP contribution < -0.4 is 20.1 Å². The van der Waals surface area contributed by atoms with Crippen LogP contribution in [0.25, 0.3) is 0 Å². The van der Waals surface area contributed by atoms with Crippen molar-refractivity contribution in [1.82, 2.24) is 5.32 Å². The largest absolute Gasteiger partial charge is 0.486 e. The molecule has 0 spiro atoms. The van der Waals surface area contributed by atoms with Crippen LogP contribution >= 0.6 is 0 Å². The van der Waals surface area contributed by atoms with Gasteiger partial charge in [0.15, 0.2) is 11.5 Å². The lowest BCUT2D eigenvalue weighted by atomic mass is 10.2. The van der Waals surface area contributed by atoms with E-state index in [1.807, 2.05) is 13.0 Å². The van der Waals surface area contributed by atoms with E-state index >= 15 is 0 Å². The maximum atomic E-state index is 12.0. The van der Waals surface area contributed by atoms with Crippen molar-refractivity contribution < 1.29 is 18.7 Å². The molecule has 2 heterocycles. The maximum absolute atomic E-state index is 12.0. The molecule has 0 aliphatic carbocycles. The number of furan rings is 1. The molecule has 6 nitrogen and oxygen atoms in total. The number of anilines is 1. The van der Waals surface area contributed by atoms with E-state index in [2.05, 4.69) is 10.6 Å². The molecule has 1 aromatic heterocycles. The number of amides is 2. The number of nitrogens with one attached hydrogen (secondary N) is 2. The summed E-state index contributed by atoms with van der Waals surface area (Å²) in [5, 5.41) is 5.55. The summed E-state index contributed by atoms with van der Waals surface area (Å²) in [7, 11) is 0. The Labute approximate surface area is 122 Å². The third-order valence-corrected chi connectivity index (χ3v) is 3.12. The Kier molecular flexibility index (Phi) is 3.68. The fraction of sp³-hybridized carbons (Fsp3) is 0.267. The summed E-state index contributed by atoms with van der Waals surface area (Å²) in [5.74, 6) is 2.03. The van der Waals surface area contributed by atoms with Gasteiger partial charge in [-0.3, -0.25) is 0 Å². The number of urea groups is 1. The summed E-state index contributed by atoms with van der Waals surface area (Å²) >= 11 is 0. The highest BCUT2D eigenvalue weighted by atomic mass is 16.6. The quantitative estimate of drug-likeness (QED) is 0.910. The highest BCUT2D eigenvalue weighted by Crippen LogP contribution is 2.32. The van der Waals surface area contributed by atoms with Gasteiger partial charge in [0.05, 0.1) is 12.3 Å². The summed E-state index contributed by atoms with van der Waals surface area (Å²) in [6.45, 7) is 2.90. The summed E-state index contributed by atoms with van der Waals surface area (Å²) in [6.07, 6.45) is 1.58. The average molecular weight is 288 g/mol. The van der Waals surface area contributed by atoms with Crippen molar-refractivity contribution in [2.75, 3.05) is 18.5 Å². The summed E-state index contributed by atoms with van der Waals surface area (Å²) in [5.41, 5.74) is 0.642. The number of hydrogen-bond donors (Lipinski definition) is 2. The number of benzene rings is 1. The van der Waals surface area contributed by atoms with E-state index in [1.165, 1.54) is 0 Å². The first-order valence-corrected chi connectivity index (χ1v) is 6.73. The fourth-order valence-corrected chi connectivity index (χ4v) is 2.09. The first kappa shape index (κ1) is 13.4. The maximum Gasteiger partial charge on any atom is 0.319 e. The second-order valence-electron chi connectivity index (χ2n) is 4.69. The third-order valence-electron chi connectivity index (χ3n) is 3.12. The topological polar surface area (TPSA) is 72.7 Å². The lowest BCUT2D eigenvalue weighted by Crippen LogP contribution is -2.31. The van der Waals surface area contributed by atoms with Crippen molar-refractivity contribution >= 4 is 11.7 Å². The average Bonchev–Trinajstić information content (AvgIpc) is 3.01. The van der Waals surface area contributed by atoms with Crippen molar-refractivity contribution in [3.8, 4) is 11.5 Å². The Morgan fingerprint density at radius 1 is 1.19 bits per heavy atom. The monoisotopic (exact) mass is 288 g/mol. The smallest absolute Gasteiger partial charge is 0.319 e. The minimum absolute atomic E-state index is 0.211. The van der Waals surface area contributed by atoms with E-state index in [9.17, 15) is 4.79 Å². The molecule has 6 heteroatoms. The van der Waals surface area contributed by atoms with Gasteiger partial charge in [-0.2, -0.15) is 0 Å². The number of carbonyl (C=O) groups is 1. The van der Waals surface area contributed by atoms with E-state index in [4.69, 9.17) is 13.9 Å².